The predicted octanol–water partition coefficient (Wildman–Crippen LogP) is 2.98. The van der Waals surface area contributed by atoms with Gasteiger partial charge in [-0.1, -0.05) is 12.1 Å². The van der Waals surface area contributed by atoms with Crippen molar-refractivity contribution in [3.8, 4) is 6.07 Å². The first kappa shape index (κ1) is 16.5. The number of nitriles is 1. The molecule has 0 saturated carbocycles. The van der Waals surface area contributed by atoms with Gasteiger partial charge in [0.05, 0.1) is 11.6 Å². The Balaban J connectivity index is 2.21. The number of nitrogens with zero attached hydrogens (tertiary/aromatic N) is 2. The highest BCUT2D eigenvalue weighted by atomic mass is 16.2. The van der Waals surface area contributed by atoms with Crippen molar-refractivity contribution >= 4 is 11.7 Å². The van der Waals surface area contributed by atoms with Gasteiger partial charge in [0.25, 0.3) is 5.91 Å². The highest BCUT2D eigenvalue weighted by Crippen LogP contribution is 2.20. The molecular formula is C18H19N3O2. The number of hydrogen-bond donors (Lipinski definition) is 1. The molecule has 0 atom stereocenters. The van der Waals surface area contributed by atoms with E-state index in [1.165, 1.54) is 6.92 Å². The van der Waals surface area contributed by atoms with E-state index >= 15 is 0 Å². The summed E-state index contributed by atoms with van der Waals surface area (Å²) >= 11 is 0. The first-order valence-electron chi connectivity index (χ1n) is 7.29. The second-order valence-corrected chi connectivity index (χ2v) is 5.65. The number of benzene rings is 1. The zero-order chi connectivity index (χ0) is 17.1. The SMILES string of the molecule is CC(=O)c1c(C)[nH]c(C(=O)N(C)Cc2ccc(C#N)cc2)c1C. The predicted molar refractivity (Wildman–Crippen MR) is 87.2 cm³/mol. The van der Waals surface area contributed by atoms with Crippen LogP contribution in [0.15, 0.2) is 24.3 Å². The molecule has 1 aromatic heterocycles. The van der Waals surface area contributed by atoms with Crippen LogP contribution in [0.4, 0.5) is 0 Å². The smallest absolute Gasteiger partial charge is 0.270 e. The first-order valence-corrected chi connectivity index (χ1v) is 7.29. The topological polar surface area (TPSA) is 77.0 Å². The van der Waals surface area contributed by atoms with E-state index in [-0.39, 0.29) is 11.7 Å². The summed E-state index contributed by atoms with van der Waals surface area (Å²) in [5.74, 6) is -0.215. The lowest BCUT2D eigenvalue weighted by atomic mass is 10.1. The van der Waals surface area contributed by atoms with Crippen LogP contribution in [0.3, 0.4) is 0 Å². The Kier molecular flexibility index (Phi) is 4.65. The fourth-order valence-electron chi connectivity index (χ4n) is 2.71. The summed E-state index contributed by atoms with van der Waals surface area (Å²) in [6.07, 6.45) is 0. The van der Waals surface area contributed by atoms with Gasteiger partial charge < -0.3 is 9.88 Å². The van der Waals surface area contributed by atoms with Crippen molar-refractivity contribution in [2.45, 2.75) is 27.3 Å². The number of carbonyl (C=O) groups is 2. The van der Waals surface area contributed by atoms with Crippen LogP contribution in [0.25, 0.3) is 0 Å². The number of aryl methyl sites for hydroxylation is 1. The lowest BCUT2D eigenvalue weighted by Gasteiger charge is -2.17. The van der Waals surface area contributed by atoms with Gasteiger partial charge in [-0.25, -0.2) is 0 Å². The number of H-pyrrole nitrogens is 1. The Morgan fingerprint density at radius 1 is 1.22 bits per heavy atom. The normalized spacial score (nSPS) is 10.2. The number of Topliss-reactive ketones (excluding diaryl/α,β-unsaturated/α-hetero) is 1. The molecule has 2 rings (SSSR count). The summed E-state index contributed by atoms with van der Waals surface area (Å²) < 4.78 is 0. The highest BCUT2D eigenvalue weighted by molar-refractivity contribution is 6.02. The minimum absolute atomic E-state index is 0.0509. The third-order valence-electron chi connectivity index (χ3n) is 3.85. The van der Waals surface area contributed by atoms with Gasteiger partial charge in [-0.2, -0.15) is 5.26 Å². The molecule has 118 valence electrons. The molecule has 0 aliphatic carbocycles. The molecule has 0 spiro atoms. The van der Waals surface area contributed by atoms with Gasteiger partial charge in [-0.15, -0.1) is 0 Å². The molecule has 5 nitrogen and oxygen atoms in total. The lowest BCUT2D eigenvalue weighted by Crippen LogP contribution is -2.27. The molecule has 0 unspecified atom stereocenters. The number of amides is 1. The Labute approximate surface area is 135 Å². The molecule has 2 aromatic rings. The zero-order valence-electron chi connectivity index (χ0n) is 13.7. The molecule has 0 fully saturated rings. The van der Waals surface area contributed by atoms with Crippen LogP contribution in [0, 0.1) is 25.2 Å². The van der Waals surface area contributed by atoms with E-state index in [9.17, 15) is 9.59 Å². The number of carbonyl (C=O) groups excluding carboxylic acids is 2. The number of aromatic amines is 1. The Morgan fingerprint density at radius 3 is 2.30 bits per heavy atom. The molecule has 1 heterocycles. The molecule has 0 radical (unpaired) electrons. The van der Waals surface area contributed by atoms with Crippen molar-refractivity contribution in [2.24, 2.45) is 0 Å². The Bertz CT molecular complexity index is 795. The van der Waals surface area contributed by atoms with Crippen molar-refractivity contribution in [3.63, 3.8) is 0 Å². The number of aromatic nitrogens is 1. The lowest BCUT2D eigenvalue weighted by molar-refractivity contribution is 0.0779. The third-order valence-corrected chi connectivity index (χ3v) is 3.85. The van der Waals surface area contributed by atoms with Crippen LogP contribution in [0.5, 0.6) is 0 Å². The molecule has 1 amide bonds. The quantitative estimate of drug-likeness (QED) is 0.882. The zero-order valence-corrected chi connectivity index (χ0v) is 13.7. The molecule has 23 heavy (non-hydrogen) atoms. The van der Waals surface area contributed by atoms with E-state index < -0.39 is 0 Å². The number of ketones is 1. The molecule has 0 aliphatic heterocycles. The maximum Gasteiger partial charge on any atom is 0.270 e. The molecule has 0 saturated heterocycles. The van der Waals surface area contributed by atoms with Crippen LogP contribution in [0.1, 0.15) is 50.2 Å². The van der Waals surface area contributed by atoms with Crippen LogP contribution in [-0.4, -0.2) is 28.6 Å². The number of hydrogen-bond acceptors (Lipinski definition) is 3. The molecule has 0 bridgehead atoms. The average Bonchev–Trinajstić information content (AvgIpc) is 2.82. The Hall–Kier alpha value is -2.87. The summed E-state index contributed by atoms with van der Waals surface area (Å²) in [5, 5.41) is 8.80. The minimum atomic E-state index is -0.164. The Morgan fingerprint density at radius 2 is 1.83 bits per heavy atom. The van der Waals surface area contributed by atoms with Gasteiger partial charge in [0, 0.05) is 24.8 Å². The maximum absolute atomic E-state index is 12.6. The fourth-order valence-corrected chi connectivity index (χ4v) is 2.71. The average molecular weight is 309 g/mol. The van der Waals surface area contributed by atoms with Crippen molar-refractivity contribution in [1.82, 2.24) is 9.88 Å². The monoisotopic (exact) mass is 309 g/mol. The summed E-state index contributed by atoms with van der Waals surface area (Å²) in [6, 6.07) is 9.18. The number of nitrogens with one attached hydrogen (secondary N) is 1. The van der Waals surface area contributed by atoms with Crippen molar-refractivity contribution < 1.29 is 9.59 Å². The molecule has 1 aromatic carbocycles. The second kappa shape index (κ2) is 6.49. The van der Waals surface area contributed by atoms with E-state index in [4.69, 9.17) is 5.26 Å². The molecule has 0 aliphatic rings. The molecule has 5 heteroatoms. The van der Waals surface area contributed by atoms with E-state index in [1.807, 2.05) is 12.1 Å². The van der Waals surface area contributed by atoms with Crippen molar-refractivity contribution in [2.75, 3.05) is 7.05 Å². The van der Waals surface area contributed by atoms with E-state index in [1.54, 1.807) is 37.9 Å². The van der Waals surface area contributed by atoms with Gasteiger partial charge >= 0.3 is 0 Å². The summed E-state index contributed by atoms with van der Waals surface area (Å²) in [5.41, 5.74) is 3.96. The van der Waals surface area contributed by atoms with Crippen molar-refractivity contribution in [1.29, 1.82) is 5.26 Å². The summed E-state index contributed by atoms with van der Waals surface area (Å²) in [7, 11) is 1.71. The largest absolute Gasteiger partial charge is 0.354 e. The van der Waals surface area contributed by atoms with Crippen LogP contribution in [-0.2, 0) is 6.54 Å². The van der Waals surface area contributed by atoms with Crippen LogP contribution in [0.2, 0.25) is 0 Å². The third kappa shape index (κ3) is 3.32. The minimum Gasteiger partial charge on any atom is -0.354 e. The van der Waals surface area contributed by atoms with Gasteiger partial charge in [-0.05, 0) is 44.0 Å². The highest BCUT2D eigenvalue weighted by Gasteiger charge is 2.22. The van der Waals surface area contributed by atoms with Gasteiger partial charge in [0.2, 0.25) is 0 Å². The van der Waals surface area contributed by atoms with Gasteiger partial charge in [0.1, 0.15) is 5.69 Å². The van der Waals surface area contributed by atoms with Crippen LogP contribution >= 0.6 is 0 Å². The fraction of sp³-hybridized carbons (Fsp3) is 0.278. The van der Waals surface area contributed by atoms with E-state index in [2.05, 4.69) is 11.1 Å². The van der Waals surface area contributed by atoms with Gasteiger partial charge in [-0.3, -0.25) is 9.59 Å². The van der Waals surface area contributed by atoms with Crippen molar-refractivity contribution in [3.05, 3.63) is 57.9 Å². The molecular weight excluding hydrogens is 290 g/mol. The second-order valence-electron chi connectivity index (χ2n) is 5.65. The summed E-state index contributed by atoms with van der Waals surface area (Å²) in [4.78, 5) is 28.9. The number of rotatable bonds is 4. The van der Waals surface area contributed by atoms with Crippen LogP contribution < -0.4 is 0 Å². The first-order chi connectivity index (χ1) is 10.8. The van der Waals surface area contributed by atoms with E-state index in [0.717, 1.165) is 5.56 Å². The molecule has 1 N–H and O–H groups in total. The summed E-state index contributed by atoms with van der Waals surface area (Å²) in [6.45, 7) is 5.50. The van der Waals surface area contributed by atoms with E-state index in [0.29, 0.717) is 34.6 Å². The van der Waals surface area contributed by atoms with Gasteiger partial charge in [0.15, 0.2) is 5.78 Å². The maximum atomic E-state index is 12.6. The standard InChI is InChI=1S/C18H19N3O2/c1-11-16(13(3)22)12(2)20-17(11)18(23)21(4)10-15-7-5-14(9-19)6-8-15/h5-8,20H,10H2,1-4H3.